The summed E-state index contributed by atoms with van der Waals surface area (Å²) in [5.41, 5.74) is 2.09. The molecule has 1 saturated heterocycles. The number of aromatic nitrogens is 2. The van der Waals surface area contributed by atoms with Crippen molar-refractivity contribution in [3.63, 3.8) is 0 Å². The number of hydrogen-bond donors (Lipinski definition) is 1. The Kier molecular flexibility index (Phi) is 3.89. The van der Waals surface area contributed by atoms with Crippen LogP contribution in [0.15, 0.2) is 47.3 Å². The molecule has 1 fully saturated rings. The van der Waals surface area contributed by atoms with Crippen molar-refractivity contribution >= 4 is 11.0 Å². The highest BCUT2D eigenvalue weighted by molar-refractivity contribution is 5.77. The molecule has 0 amide bonds. The van der Waals surface area contributed by atoms with Crippen LogP contribution in [0, 0.1) is 0 Å². The molecule has 2 aromatic heterocycles. The molecule has 0 radical (unpaired) electrons. The van der Waals surface area contributed by atoms with Gasteiger partial charge in [-0.25, -0.2) is 4.98 Å². The van der Waals surface area contributed by atoms with Crippen LogP contribution in [-0.4, -0.2) is 22.2 Å². The van der Waals surface area contributed by atoms with Crippen molar-refractivity contribution in [1.29, 1.82) is 0 Å². The van der Waals surface area contributed by atoms with Gasteiger partial charge in [0.1, 0.15) is 17.4 Å². The quantitative estimate of drug-likeness (QED) is 0.804. The average Bonchev–Trinajstić information content (AvgIpc) is 3.18. The summed E-state index contributed by atoms with van der Waals surface area (Å²) in [6, 6.07) is 10.7. The Balaban J connectivity index is 1.39. The molecule has 5 heteroatoms. The maximum Gasteiger partial charge on any atom is 0.134 e. The van der Waals surface area contributed by atoms with Gasteiger partial charge in [0.2, 0.25) is 0 Å². The van der Waals surface area contributed by atoms with Crippen molar-refractivity contribution in [3.8, 4) is 0 Å². The Bertz CT molecular complexity index is 759. The van der Waals surface area contributed by atoms with Crippen LogP contribution in [0.2, 0.25) is 0 Å². The standard InChI is InChI=1S/C18H21N3O2/c1-21-12-19-11-16(21)18-9-14(6-7-22-18)20-10-15-8-13-4-2-3-5-17(13)23-15/h2-5,8,11-12,14,18,20H,6-7,9-10H2,1H3/t14-,18+/m0/s1. The summed E-state index contributed by atoms with van der Waals surface area (Å²) in [6.07, 6.45) is 5.81. The normalized spacial score (nSPS) is 21.8. The first-order chi connectivity index (χ1) is 11.3. The van der Waals surface area contributed by atoms with Crippen molar-refractivity contribution in [3.05, 3.63) is 54.3 Å². The molecule has 1 aromatic carbocycles. The molecule has 3 heterocycles. The number of aryl methyl sites for hydroxylation is 1. The molecule has 120 valence electrons. The van der Waals surface area contributed by atoms with E-state index in [2.05, 4.69) is 22.4 Å². The molecule has 23 heavy (non-hydrogen) atoms. The first-order valence-corrected chi connectivity index (χ1v) is 8.08. The summed E-state index contributed by atoms with van der Waals surface area (Å²) in [6.45, 7) is 1.52. The van der Waals surface area contributed by atoms with Crippen LogP contribution in [0.25, 0.3) is 11.0 Å². The number of benzene rings is 1. The fourth-order valence-electron chi connectivity index (χ4n) is 3.23. The van der Waals surface area contributed by atoms with Crippen molar-refractivity contribution in [2.45, 2.75) is 31.5 Å². The molecule has 3 aromatic rings. The van der Waals surface area contributed by atoms with Crippen LogP contribution in [-0.2, 0) is 18.3 Å². The number of rotatable bonds is 4. The van der Waals surface area contributed by atoms with Crippen LogP contribution in [0.3, 0.4) is 0 Å². The van der Waals surface area contributed by atoms with E-state index >= 15 is 0 Å². The number of imidazole rings is 1. The first-order valence-electron chi connectivity index (χ1n) is 8.08. The van der Waals surface area contributed by atoms with E-state index in [1.807, 2.05) is 42.3 Å². The van der Waals surface area contributed by atoms with Crippen LogP contribution in [0.4, 0.5) is 0 Å². The molecular weight excluding hydrogens is 290 g/mol. The van der Waals surface area contributed by atoms with Gasteiger partial charge in [0, 0.05) is 25.1 Å². The van der Waals surface area contributed by atoms with E-state index in [9.17, 15) is 0 Å². The lowest BCUT2D eigenvalue weighted by atomic mass is 10.0. The zero-order valence-corrected chi connectivity index (χ0v) is 13.2. The summed E-state index contributed by atoms with van der Waals surface area (Å²) in [4.78, 5) is 4.19. The van der Waals surface area contributed by atoms with E-state index in [-0.39, 0.29) is 6.10 Å². The van der Waals surface area contributed by atoms with Gasteiger partial charge in [-0.3, -0.25) is 0 Å². The van der Waals surface area contributed by atoms with Gasteiger partial charge in [-0.15, -0.1) is 0 Å². The summed E-state index contributed by atoms with van der Waals surface area (Å²) in [5.74, 6) is 0.981. The topological polar surface area (TPSA) is 52.2 Å². The molecule has 4 rings (SSSR count). The van der Waals surface area contributed by atoms with Crippen molar-refractivity contribution < 1.29 is 9.15 Å². The Morgan fingerprint density at radius 2 is 2.26 bits per heavy atom. The molecule has 5 nitrogen and oxygen atoms in total. The van der Waals surface area contributed by atoms with Gasteiger partial charge >= 0.3 is 0 Å². The van der Waals surface area contributed by atoms with Crippen LogP contribution in [0.1, 0.15) is 30.4 Å². The largest absolute Gasteiger partial charge is 0.460 e. The Hall–Kier alpha value is -2.11. The number of furan rings is 1. The Morgan fingerprint density at radius 1 is 1.35 bits per heavy atom. The lowest BCUT2D eigenvalue weighted by Crippen LogP contribution is -2.36. The van der Waals surface area contributed by atoms with Crippen LogP contribution >= 0.6 is 0 Å². The second kappa shape index (κ2) is 6.18. The minimum absolute atomic E-state index is 0.115. The summed E-state index contributed by atoms with van der Waals surface area (Å²) >= 11 is 0. The van der Waals surface area contributed by atoms with Crippen LogP contribution in [0.5, 0.6) is 0 Å². The highest BCUT2D eigenvalue weighted by Gasteiger charge is 2.25. The first kappa shape index (κ1) is 14.5. The number of nitrogens with zero attached hydrogens (tertiary/aromatic N) is 2. The minimum Gasteiger partial charge on any atom is -0.460 e. The summed E-state index contributed by atoms with van der Waals surface area (Å²) in [5, 5.41) is 4.76. The Labute approximate surface area is 135 Å². The highest BCUT2D eigenvalue weighted by atomic mass is 16.5. The van der Waals surface area contributed by atoms with Gasteiger partial charge in [-0.1, -0.05) is 18.2 Å². The zero-order valence-electron chi connectivity index (χ0n) is 13.2. The average molecular weight is 311 g/mol. The molecular formula is C18H21N3O2. The van der Waals surface area contributed by atoms with E-state index < -0.39 is 0 Å². The molecule has 0 unspecified atom stereocenters. The number of nitrogens with one attached hydrogen (secondary N) is 1. The third kappa shape index (κ3) is 3.02. The second-order valence-electron chi connectivity index (χ2n) is 6.14. The molecule has 0 spiro atoms. The predicted molar refractivity (Wildman–Crippen MR) is 88.0 cm³/mol. The van der Waals surface area contributed by atoms with E-state index in [1.165, 1.54) is 0 Å². The summed E-state index contributed by atoms with van der Waals surface area (Å²) < 4.78 is 13.8. The maximum absolute atomic E-state index is 5.91. The van der Waals surface area contributed by atoms with Gasteiger partial charge in [0.25, 0.3) is 0 Å². The minimum atomic E-state index is 0.115. The SMILES string of the molecule is Cn1cncc1[C@H]1C[C@@H](NCc2cc3ccccc3o2)CCO1. The fourth-order valence-corrected chi connectivity index (χ4v) is 3.23. The molecule has 1 aliphatic rings. The number of hydrogen-bond acceptors (Lipinski definition) is 4. The lowest BCUT2D eigenvalue weighted by molar-refractivity contribution is -0.00428. The van der Waals surface area contributed by atoms with Gasteiger partial charge in [-0.2, -0.15) is 0 Å². The van der Waals surface area contributed by atoms with E-state index in [1.54, 1.807) is 0 Å². The van der Waals surface area contributed by atoms with Crippen LogP contribution < -0.4 is 5.32 Å². The smallest absolute Gasteiger partial charge is 0.134 e. The lowest BCUT2D eigenvalue weighted by Gasteiger charge is -2.30. The molecule has 0 aliphatic carbocycles. The van der Waals surface area contributed by atoms with Crippen molar-refractivity contribution in [2.24, 2.45) is 7.05 Å². The number of fused-ring (bicyclic) bond motifs is 1. The third-order valence-corrected chi connectivity index (χ3v) is 4.51. The monoisotopic (exact) mass is 311 g/mol. The van der Waals surface area contributed by atoms with Crippen molar-refractivity contribution in [2.75, 3.05) is 6.61 Å². The Morgan fingerprint density at radius 3 is 3.09 bits per heavy atom. The van der Waals surface area contributed by atoms with Gasteiger partial charge in [0.15, 0.2) is 0 Å². The fraction of sp³-hybridized carbons (Fsp3) is 0.389. The summed E-state index contributed by atoms with van der Waals surface area (Å²) in [7, 11) is 2.01. The highest BCUT2D eigenvalue weighted by Crippen LogP contribution is 2.28. The van der Waals surface area contributed by atoms with Gasteiger partial charge in [0.05, 0.1) is 24.8 Å². The molecule has 0 bridgehead atoms. The number of ether oxygens (including phenoxy) is 1. The molecule has 1 aliphatic heterocycles. The third-order valence-electron chi connectivity index (χ3n) is 4.51. The molecule has 2 atom stereocenters. The molecule has 1 N–H and O–H groups in total. The predicted octanol–water partition coefficient (Wildman–Crippen LogP) is 3.18. The number of para-hydroxylation sites is 1. The van der Waals surface area contributed by atoms with Gasteiger partial charge in [-0.05, 0) is 25.0 Å². The van der Waals surface area contributed by atoms with Crippen molar-refractivity contribution in [1.82, 2.24) is 14.9 Å². The molecule has 0 saturated carbocycles. The van der Waals surface area contributed by atoms with E-state index in [0.717, 1.165) is 48.4 Å². The second-order valence-corrected chi connectivity index (χ2v) is 6.14. The van der Waals surface area contributed by atoms with E-state index in [0.29, 0.717) is 6.04 Å². The maximum atomic E-state index is 5.91. The van der Waals surface area contributed by atoms with Gasteiger partial charge < -0.3 is 19.0 Å². The van der Waals surface area contributed by atoms with E-state index in [4.69, 9.17) is 9.15 Å². The zero-order chi connectivity index (χ0) is 15.6.